The van der Waals surface area contributed by atoms with Crippen LogP contribution in [0.3, 0.4) is 0 Å². The molecule has 2 amide bonds. The molecule has 0 fully saturated rings. The number of carbonyl (C=O) groups is 2. The molecule has 1 unspecified atom stereocenters. The fourth-order valence-corrected chi connectivity index (χ4v) is 1.15. The molecule has 86 valence electrons. The average Bonchev–Trinajstić information content (AvgIpc) is 2.27. The minimum absolute atomic E-state index is 0.245. The van der Waals surface area contributed by atoms with E-state index in [-0.39, 0.29) is 5.56 Å². The molecule has 1 aromatic rings. The Morgan fingerprint density at radius 3 is 2.19 bits per heavy atom. The number of carbonyl (C=O) groups excluding carboxylic acids is 1. The highest BCUT2D eigenvalue weighted by Gasteiger charge is 2.16. The lowest BCUT2D eigenvalue weighted by Gasteiger charge is -2.15. The smallest absolute Gasteiger partial charge is 0.337 e. The Hall–Kier alpha value is -2.08. The number of anilines is 1. The van der Waals surface area contributed by atoms with Gasteiger partial charge in [-0.2, -0.15) is 0 Å². The van der Waals surface area contributed by atoms with Gasteiger partial charge in [0.05, 0.1) is 0 Å². The number of carboxylic acid groups (broad SMARTS) is 1. The van der Waals surface area contributed by atoms with Crippen molar-refractivity contribution in [3.8, 4) is 0 Å². The van der Waals surface area contributed by atoms with Gasteiger partial charge in [0, 0.05) is 12.7 Å². The Labute approximate surface area is 91.9 Å². The summed E-state index contributed by atoms with van der Waals surface area (Å²) in [5.41, 5.74) is 5.82. The third kappa shape index (κ3) is 2.48. The first-order chi connectivity index (χ1) is 7.43. The van der Waals surface area contributed by atoms with Crippen LogP contribution >= 0.6 is 0 Å². The molecule has 0 saturated carbocycles. The number of primary amides is 1. The molecule has 0 aliphatic rings. The predicted octanol–water partition coefficient (Wildman–Crippen LogP) is 0.319. The van der Waals surface area contributed by atoms with Crippen LogP contribution in [0.15, 0.2) is 24.3 Å². The zero-order chi connectivity index (χ0) is 12.3. The maximum absolute atomic E-state index is 10.8. The van der Waals surface area contributed by atoms with Crippen molar-refractivity contribution in [3.63, 3.8) is 0 Å². The molecule has 0 saturated heterocycles. The third-order valence-corrected chi connectivity index (χ3v) is 2.16. The number of hydrogen-bond donors (Lipinski definition) is 3. The number of benzene rings is 1. The van der Waals surface area contributed by atoms with Crippen LogP contribution < -0.4 is 10.6 Å². The zero-order valence-electron chi connectivity index (χ0n) is 8.62. The number of aliphatic hydroxyl groups excluding tert-OH is 1. The van der Waals surface area contributed by atoms with Crippen molar-refractivity contribution in [1.29, 1.82) is 0 Å². The molecule has 6 heteroatoms. The lowest BCUT2D eigenvalue weighted by molar-refractivity contribution is -0.146. The van der Waals surface area contributed by atoms with E-state index in [1.54, 1.807) is 0 Å². The molecule has 0 bridgehead atoms. The average molecular weight is 224 g/mol. The van der Waals surface area contributed by atoms with Crippen molar-refractivity contribution in [1.82, 2.24) is 0 Å². The Morgan fingerprint density at radius 1 is 1.31 bits per heavy atom. The summed E-state index contributed by atoms with van der Waals surface area (Å²) in [6, 6.07) is 5.24. The Morgan fingerprint density at radius 2 is 1.81 bits per heavy atom. The summed E-state index contributed by atoms with van der Waals surface area (Å²) in [6.07, 6.45) is -1.56. The van der Waals surface area contributed by atoms with E-state index in [1.165, 1.54) is 36.2 Å². The highest BCUT2D eigenvalue weighted by atomic mass is 16.4. The van der Waals surface area contributed by atoms with Gasteiger partial charge in [-0.25, -0.2) is 9.59 Å². The molecule has 6 nitrogen and oxygen atoms in total. The van der Waals surface area contributed by atoms with Crippen LogP contribution in [0.5, 0.6) is 0 Å². The summed E-state index contributed by atoms with van der Waals surface area (Å²) in [5.74, 6) is -1.32. The van der Waals surface area contributed by atoms with Crippen LogP contribution in [0.25, 0.3) is 0 Å². The van der Waals surface area contributed by atoms with Crippen LogP contribution in [0.1, 0.15) is 11.7 Å². The Balaban J connectivity index is 2.91. The van der Waals surface area contributed by atoms with Crippen LogP contribution in [0.2, 0.25) is 0 Å². The second-order valence-electron chi connectivity index (χ2n) is 3.23. The normalized spacial score (nSPS) is 11.9. The number of urea groups is 1. The molecular weight excluding hydrogens is 212 g/mol. The lowest BCUT2D eigenvalue weighted by Crippen LogP contribution is -2.31. The van der Waals surface area contributed by atoms with Gasteiger partial charge in [-0.15, -0.1) is 0 Å². The summed E-state index contributed by atoms with van der Waals surface area (Å²) < 4.78 is 0. The Bertz CT molecular complexity index is 363. The van der Waals surface area contributed by atoms with Crippen molar-refractivity contribution in [3.05, 3.63) is 29.8 Å². The molecule has 0 radical (unpaired) electrons. The quantitative estimate of drug-likeness (QED) is 0.687. The standard InChI is InChI=1S/C10H12N2O4/c1-12(10(11)16)7-4-2-6(3-5-7)8(13)9(14)15/h2-5,8,13H,1H3,(H2,11,16)(H,14,15). The minimum atomic E-state index is -1.56. The first-order valence-corrected chi connectivity index (χ1v) is 4.47. The van der Waals surface area contributed by atoms with Crippen molar-refractivity contribution < 1.29 is 19.8 Å². The molecule has 4 N–H and O–H groups in total. The number of aliphatic carboxylic acids is 1. The fraction of sp³-hybridized carbons (Fsp3) is 0.200. The van der Waals surface area contributed by atoms with Gasteiger partial charge in [-0.1, -0.05) is 12.1 Å². The minimum Gasteiger partial charge on any atom is -0.479 e. The number of nitrogens with zero attached hydrogens (tertiary/aromatic N) is 1. The maximum atomic E-state index is 10.8. The molecule has 16 heavy (non-hydrogen) atoms. The molecule has 1 aromatic carbocycles. The van der Waals surface area contributed by atoms with Gasteiger partial charge in [0.2, 0.25) is 0 Å². The number of carboxylic acids is 1. The molecule has 0 aliphatic heterocycles. The van der Waals surface area contributed by atoms with E-state index < -0.39 is 18.1 Å². The summed E-state index contributed by atoms with van der Waals surface area (Å²) in [7, 11) is 1.49. The van der Waals surface area contributed by atoms with Crippen LogP contribution in [-0.4, -0.2) is 29.3 Å². The van der Waals surface area contributed by atoms with Gasteiger partial charge < -0.3 is 15.9 Å². The topological polar surface area (TPSA) is 104 Å². The number of amides is 2. The zero-order valence-corrected chi connectivity index (χ0v) is 8.62. The maximum Gasteiger partial charge on any atom is 0.337 e. The SMILES string of the molecule is CN(C(N)=O)c1ccc(C(O)C(=O)O)cc1. The van der Waals surface area contributed by atoms with E-state index in [0.29, 0.717) is 5.69 Å². The number of hydrogen-bond acceptors (Lipinski definition) is 3. The number of nitrogens with two attached hydrogens (primary N) is 1. The molecule has 0 aliphatic carbocycles. The number of aliphatic hydroxyl groups is 1. The van der Waals surface area contributed by atoms with Crippen LogP contribution in [-0.2, 0) is 4.79 Å². The second-order valence-corrected chi connectivity index (χ2v) is 3.23. The van der Waals surface area contributed by atoms with E-state index >= 15 is 0 Å². The molecule has 1 atom stereocenters. The molecular formula is C10H12N2O4. The second kappa shape index (κ2) is 4.63. The predicted molar refractivity (Wildman–Crippen MR) is 57.0 cm³/mol. The van der Waals surface area contributed by atoms with Crippen molar-refractivity contribution in [2.75, 3.05) is 11.9 Å². The summed E-state index contributed by atoms with van der Waals surface area (Å²) in [6.45, 7) is 0. The van der Waals surface area contributed by atoms with Crippen LogP contribution in [0.4, 0.5) is 10.5 Å². The fourth-order valence-electron chi connectivity index (χ4n) is 1.15. The van der Waals surface area contributed by atoms with Gasteiger partial charge in [-0.3, -0.25) is 4.90 Å². The largest absolute Gasteiger partial charge is 0.479 e. The van der Waals surface area contributed by atoms with Gasteiger partial charge >= 0.3 is 12.0 Å². The van der Waals surface area contributed by atoms with Gasteiger partial charge in [0.15, 0.2) is 6.10 Å². The molecule has 1 rings (SSSR count). The van der Waals surface area contributed by atoms with Crippen molar-refractivity contribution in [2.24, 2.45) is 5.73 Å². The summed E-state index contributed by atoms with van der Waals surface area (Å²) in [5, 5.41) is 17.8. The van der Waals surface area contributed by atoms with Crippen molar-refractivity contribution in [2.45, 2.75) is 6.10 Å². The highest BCUT2D eigenvalue weighted by molar-refractivity contribution is 5.90. The first-order valence-electron chi connectivity index (χ1n) is 4.47. The van der Waals surface area contributed by atoms with Crippen molar-refractivity contribution >= 4 is 17.7 Å². The van der Waals surface area contributed by atoms with Gasteiger partial charge in [-0.05, 0) is 17.7 Å². The first kappa shape index (κ1) is 12.0. The van der Waals surface area contributed by atoms with E-state index in [1.807, 2.05) is 0 Å². The highest BCUT2D eigenvalue weighted by Crippen LogP contribution is 2.18. The van der Waals surface area contributed by atoms with E-state index in [2.05, 4.69) is 0 Å². The molecule has 0 spiro atoms. The molecule has 0 aromatic heterocycles. The molecule has 0 heterocycles. The van der Waals surface area contributed by atoms with Crippen LogP contribution in [0, 0.1) is 0 Å². The van der Waals surface area contributed by atoms with E-state index in [9.17, 15) is 14.7 Å². The van der Waals surface area contributed by atoms with E-state index in [4.69, 9.17) is 10.8 Å². The van der Waals surface area contributed by atoms with Gasteiger partial charge in [0.25, 0.3) is 0 Å². The lowest BCUT2D eigenvalue weighted by atomic mass is 10.1. The van der Waals surface area contributed by atoms with Gasteiger partial charge in [0.1, 0.15) is 0 Å². The third-order valence-electron chi connectivity index (χ3n) is 2.16. The monoisotopic (exact) mass is 224 g/mol. The number of rotatable bonds is 3. The Kier molecular flexibility index (Phi) is 3.47. The summed E-state index contributed by atoms with van der Waals surface area (Å²) in [4.78, 5) is 22.5. The summed E-state index contributed by atoms with van der Waals surface area (Å²) >= 11 is 0. The van der Waals surface area contributed by atoms with E-state index in [0.717, 1.165) is 0 Å².